The number of carbonyl (C=O) groups excluding carboxylic acids is 3. The summed E-state index contributed by atoms with van der Waals surface area (Å²) in [5.74, 6) is -0.288. The molecule has 1 rings (SSSR count). The smallest absolute Gasteiger partial charge is 0.319 e. The molecule has 0 aliphatic carbocycles. The van der Waals surface area contributed by atoms with Gasteiger partial charge in [-0.15, -0.1) is 0 Å². The van der Waals surface area contributed by atoms with Crippen LogP contribution in [0.25, 0.3) is 0 Å². The quantitative estimate of drug-likeness (QED) is 0.705. The Morgan fingerprint density at radius 2 is 1.76 bits per heavy atom. The second-order valence-electron chi connectivity index (χ2n) is 6.17. The molecule has 1 aromatic rings. The Labute approximate surface area is 149 Å². The molecule has 0 aliphatic heterocycles. The summed E-state index contributed by atoms with van der Waals surface area (Å²) in [5, 5.41) is 8.18. The molecule has 0 spiro atoms. The summed E-state index contributed by atoms with van der Waals surface area (Å²) >= 11 is 0. The number of anilines is 1. The maximum atomic E-state index is 12.2. The third-order valence-corrected chi connectivity index (χ3v) is 3.95. The Bertz CT molecular complexity index is 618. The van der Waals surface area contributed by atoms with Gasteiger partial charge in [-0.1, -0.05) is 25.1 Å². The van der Waals surface area contributed by atoms with E-state index in [9.17, 15) is 14.4 Å². The van der Waals surface area contributed by atoms with Gasteiger partial charge in [-0.2, -0.15) is 0 Å². The SMILES string of the molecule is CC[C@H](C)NC(=O)[C@@H](C)NC(=O)Nc1ccccc1CN(C)C(C)=O. The standard InChI is InChI=1S/C18H28N4O3/c1-6-12(2)19-17(24)13(3)20-18(25)21-16-10-8-7-9-15(16)11-22(5)14(4)23/h7-10,12-13H,6,11H2,1-5H3,(H,19,24)(H2,20,21,25)/t12-,13+/m0/s1. The largest absolute Gasteiger partial charge is 0.352 e. The van der Waals surface area contributed by atoms with Crippen LogP contribution >= 0.6 is 0 Å². The molecular weight excluding hydrogens is 320 g/mol. The van der Waals surface area contributed by atoms with E-state index in [0.29, 0.717) is 12.2 Å². The van der Waals surface area contributed by atoms with Crippen LogP contribution in [0, 0.1) is 0 Å². The van der Waals surface area contributed by atoms with Gasteiger partial charge >= 0.3 is 6.03 Å². The van der Waals surface area contributed by atoms with Gasteiger partial charge in [-0.25, -0.2) is 4.79 Å². The highest BCUT2D eigenvalue weighted by Gasteiger charge is 2.17. The van der Waals surface area contributed by atoms with Crippen molar-refractivity contribution in [3.63, 3.8) is 0 Å². The van der Waals surface area contributed by atoms with Crippen LogP contribution in [0.15, 0.2) is 24.3 Å². The Kier molecular flexibility index (Phi) is 7.91. The van der Waals surface area contributed by atoms with Gasteiger partial charge < -0.3 is 20.9 Å². The molecule has 25 heavy (non-hydrogen) atoms. The van der Waals surface area contributed by atoms with Crippen molar-refractivity contribution in [2.45, 2.75) is 52.7 Å². The highest BCUT2D eigenvalue weighted by atomic mass is 16.2. The average Bonchev–Trinajstić information content (AvgIpc) is 2.55. The van der Waals surface area contributed by atoms with Gasteiger partial charge in [-0.05, 0) is 31.9 Å². The van der Waals surface area contributed by atoms with Crippen molar-refractivity contribution in [2.24, 2.45) is 0 Å². The second-order valence-corrected chi connectivity index (χ2v) is 6.17. The number of urea groups is 1. The number of hydrogen-bond acceptors (Lipinski definition) is 3. The molecule has 0 aliphatic rings. The minimum atomic E-state index is -0.652. The molecule has 138 valence electrons. The molecule has 7 heteroatoms. The van der Waals surface area contributed by atoms with Crippen LogP contribution in [-0.2, 0) is 16.1 Å². The minimum absolute atomic E-state index is 0.0580. The fourth-order valence-corrected chi connectivity index (χ4v) is 2.04. The van der Waals surface area contributed by atoms with E-state index < -0.39 is 12.1 Å². The molecule has 2 atom stereocenters. The fourth-order valence-electron chi connectivity index (χ4n) is 2.04. The summed E-state index contributed by atoms with van der Waals surface area (Å²) in [7, 11) is 1.69. The lowest BCUT2D eigenvalue weighted by Gasteiger charge is -2.20. The van der Waals surface area contributed by atoms with Crippen LogP contribution < -0.4 is 16.0 Å². The number of para-hydroxylation sites is 1. The fraction of sp³-hybridized carbons (Fsp3) is 0.500. The van der Waals surface area contributed by atoms with E-state index >= 15 is 0 Å². The van der Waals surface area contributed by atoms with E-state index in [4.69, 9.17) is 0 Å². The predicted octanol–water partition coefficient (Wildman–Crippen LogP) is 2.09. The first-order valence-corrected chi connectivity index (χ1v) is 8.42. The van der Waals surface area contributed by atoms with Gasteiger partial charge in [0.15, 0.2) is 0 Å². The lowest BCUT2D eigenvalue weighted by atomic mass is 10.1. The maximum Gasteiger partial charge on any atom is 0.319 e. The first-order chi connectivity index (χ1) is 11.7. The minimum Gasteiger partial charge on any atom is -0.352 e. The van der Waals surface area contributed by atoms with Crippen molar-refractivity contribution in [3.05, 3.63) is 29.8 Å². The normalized spacial score (nSPS) is 12.7. The van der Waals surface area contributed by atoms with Crippen LogP contribution in [0.1, 0.15) is 39.7 Å². The lowest BCUT2D eigenvalue weighted by molar-refractivity contribution is -0.128. The van der Waals surface area contributed by atoms with Crippen LogP contribution in [-0.4, -0.2) is 41.9 Å². The third kappa shape index (κ3) is 6.82. The average molecular weight is 348 g/mol. The first-order valence-electron chi connectivity index (χ1n) is 8.42. The lowest BCUT2D eigenvalue weighted by Crippen LogP contribution is -2.48. The summed E-state index contributed by atoms with van der Waals surface area (Å²) in [4.78, 5) is 37.1. The molecule has 0 unspecified atom stereocenters. The molecule has 0 saturated carbocycles. The monoisotopic (exact) mass is 348 g/mol. The van der Waals surface area contributed by atoms with Crippen LogP contribution in [0.3, 0.4) is 0 Å². The molecular formula is C18H28N4O3. The van der Waals surface area contributed by atoms with Crippen molar-refractivity contribution >= 4 is 23.5 Å². The number of hydrogen-bond donors (Lipinski definition) is 3. The molecule has 0 bridgehead atoms. The molecule has 3 N–H and O–H groups in total. The Morgan fingerprint density at radius 1 is 1.12 bits per heavy atom. The van der Waals surface area contributed by atoms with Crippen LogP contribution in [0.5, 0.6) is 0 Å². The van der Waals surface area contributed by atoms with Gasteiger partial charge in [0.1, 0.15) is 6.04 Å². The Balaban J connectivity index is 2.68. The molecule has 0 aromatic heterocycles. The highest BCUT2D eigenvalue weighted by molar-refractivity contribution is 5.94. The Morgan fingerprint density at radius 3 is 2.36 bits per heavy atom. The zero-order valence-corrected chi connectivity index (χ0v) is 15.6. The maximum absolute atomic E-state index is 12.2. The second kappa shape index (κ2) is 9.66. The molecule has 1 aromatic carbocycles. The van der Waals surface area contributed by atoms with E-state index in [1.54, 1.807) is 31.0 Å². The summed E-state index contributed by atoms with van der Waals surface area (Å²) < 4.78 is 0. The van der Waals surface area contributed by atoms with E-state index in [-0.39, 0.29) is 17.9 Å². The topological polar surface area (TPSA) is 90.5 Å². The summed E-state index contributed by atoms with van der Waals surface area (Å²) in [6.07, 6.45) is 0.821. The van der Waals surface area contributed by atoms with Gasteiger partial charge in [0.2, 0.25) is 11.8 Å². The summed E-state index contributed by atoms with van der Waals surface area (Å²) in [5.41, 5.74) is 1.41. The number of benzene rings is 1. The molecule has 0 radical (unpaired) electrons. The molecule has 0 fully saturated rings. The number of nitrogens with one attached hydrogen (secondary N) is 3. The van der Waals surface area contributed by atoms with E-state index in [1.165, 1.54) is 6.92 Å². The van der Waals surface area contributed by atoms with Crippen LogP contribution in [0.2, 0.25) is 0 Å². The van der Waals surface area contributed by atoms with Crippen LogP contribution in [0.4, 0.5) is 10.5 Å². The van der Waals surface area contributed by atoms with E-state index in [0.717, 1.165) is 12.0 Å². The number of amides is 4. The van der Waals surface area contributed by atoms with Gasteiger partial charge in [0.25, 0.3) is 0 Å². The number of rotatable bonds is 7. The first kappa shape index (κ1) is 20.5. The van der Waals surface area contributed by atoms with Crippen molar-refractivity contribution in [3.8, 4) is 0 Å². The molecule has 0 saturated heterocycles. The Hall–Kier alpha value is -2.57. The van der Waals surface area contributed by atoms with Gasteiger partial charge in [0.05, 0.1) is 0 Å². The van der Waals surface area contributed by atoms with Gasteiger partial charge in [0, 0.05) is 32.2 Å². The van der Waals surface area contributed by atoms with Crippen molar-refractivity contribution < 1.29 is 14.4 Å². The van der Waals surface area contributed by atoms with Crippen molar-refractivity contribution in [2.75, 3.05) is 12.4 Å². The number of nitrogens with zero attached hydrogens (tertiary/aromatic N) is 1. The third-order valence-electron chi connectivity index (χ3n) is 3.95. The van der Waals surface area contributed by atoms with E-state index in [2.05, 4.69) is 16.0 Å². The zero-order chi connectivity index (χ0) is 19.0. The molecule has 7 nitrogen and oxygen atoms in total. The van der Waals surface area contributed by atoms with E-state index in [1.807, 2.05) is 26.0 Å². The van der Waals surface area contributed by atoms with Crippen molar-refractivity contribution in [1.29, 1.82) is 0 Å². The zero-order valence-electron chi connectivity index (χ0n) is 15.6. The summed E-state index contributed by atoms with van der Waals surface area (Å²) in [6.45, 7) is 7.39. The molecule has 0 heterocycles. The highest BCUT2D eigenvalue weighted by Crippen LogP contribution is 2.16. The number of carbonyl (C=O) groups is 3. The van der Waals surface area contributed by atoms with Gasteiger partial charge in [-0.3, -0.25) is 9.59 Å². The predicted molar refractivity (Wildman–Crippen MR) is 98.1 cm³/mol. The molecule has 4 amide bonds. The van der Waals surface area contributed by atoms with Crippen molar-refractivity contribution in [1.82, 2.24) is 15.5 Å². The summed E-state index contributed by atoms with van der Waals surface area (Å²) in [6, 6.07) is 6.18.